The summed E-state index contributed by atoms with van der Waals surface area (Å²) in [5.74, 6) is 0. The number of nitrogens with zero attached hydrogens (tertiary/aromatic N) is 6. The minimum absolute atomic E-state index is 0.300. The summed E-state index contributed by atoms with van der Waals surface area (Å²) in [4.78, 5) is 10.8. The van der Waals surface area contributed by atoms with Crippen molar-refractivity contribution in [1.82, 2.24) is 29.9 Å². The van der Waals surface area contributed by atoms with Gasteiger partial charge >= 0.3 is 0 Å². The Morgan fingerprint density at radius 3 is 2.83 bits per heavy atom. The highest BCUT2D eigenvalue weighted by atomic mass is 16.5. The Morgan fingerprint density at radius 2 is 2.10 bits per heavy atom. The van der Waals surface area contributed by atoms with Crippen molar-refractivity contribution in [2.24, 2.45) is 0 Å². The lowest BCUT2D eigenvalue weighted by atomic mass is 9.93. The molecular weight excluding hydrogens is 382 g/mol. The van der Waals surface area contributed by atoms with Crippen molar-refractivity contribution in [3.63, 3.8) is 0 Å². The summed E-state index contributed by atoms with van der Waals surface area (Å²) in [5, 5.41) is 11.9. The van der Waals surface area contributed by atoms with E-state index in [9.17, 15) is 0 Å². The molecule has 1 atom stereocenters. The van der Waals surface area contributed by atoms with Crippen molar-refractivity contribution in [3.05, 3.63) is 55.2 Å². The van der Waals surface area contributed by atoms with E-state index in [2.05, 4.69) is 42.9 Å². The van der Waals surface area contributed by atoms with Crippen molar-refractivity contribution >= 4 is 5.69 Å². The van der Waals surface area contributed by atoms with Crippen LogP contribution in [0.3, 0.4) is 0 Å². The quantitative estimate of drug-likeness (QED) is 0.667. The Hall–Kier alpha value is -3.20. The number of rotatable bonds is 6. The van der Waals surface area contributed by atoms with Gasteiger partial charge in [0.05, 0.1) is 35.8 Å². The molecule has 1 N–H and O–H groups in total. The zero-order valence-electron chi connectivity index (χ0n) is 16.9. The van der Waals surface area contributed by atoms with Crippen LogP contribution in [0, 0.1) is 0 Å². The molecule has 3 aromatic heterocycles. The molecule has 1 aliphatic carbocycles. The first-order valence-electron chi connectivity index (χ1n) is 10.4. The number of hydrogen-bond acceptors (Lipinski definition) is 7. The van der Waals surface area contributed by atoms with E-state index in [-0.39, 0.29) is 6.23 Å². The first-order chi connectivity index (χ1) is 14.8. The number of H-pyrrole nitrogens is 1. The maximum Gasteiger partial charge on any atom is 0.204 e. The first kappa shape index (κ1) is 18.8. The molecule has 9 nitrogen and oxygen atoms in total. The molecule has 0 bridgehead atoms. The zero-order chi connectivity index (χ0) is 20.3. The Kier molecular flexibility index (Phi) is 5.18. The zero-order valence-corrected chi connectivity index (χ0v) is 16.9. The van der Waals surface area contributed by atoms with Gasteiger partial charge in [0.15, 0.2) is 0 Å². The highest BCUT2D eigenvalue weighted by Crippen LogP contribution is 2.39. The topological polar surface area (TPSA) is 94.0 Å². The predicted octanol–water partition coefficient (Wildman–Crippen LogP) is 3.59. The summed E-state index contributed by atoms with van der Waals surface area (Å²) in [5.41, 5.74) is 3.40. The van der Waals surface area contributed by atoms with Gasteiger partial charge in [-0.1, -0.05) is 0 Å². The van der Waals surface area contributed by atoms with Gasteiger partial charge in [-0.05, 0) is 32.6 Å². The van der Waals surface area contributed by atoms with E-state index in [0.29, 0.717) is 12.1 Å². The highest BCUT2D eigenvalue weighted by Gasteiger charge is 2.31. The summed E-state index contributed by atoms with van der Waals surface area (Å²) >= 11 is 0. The van der Waals surface area contributed by atoms with Crippen molar-refractivity contribution in [2.75, 3.05) is 11.5 Å². The van der Waals surface area contributed by atoms with E-state index in [4.69, 9.17) is 14.6 Å². The fourth-order valence-electron chi connectivity index (χ4n) is 4.23. The van der Waals surface area contributed by atoms with E-state index in [1.54, 1.807) is 31.0 Å². The van der Waals surface area contributed by atoms with E-state index in [1.807, 2.05) is 12.4 Å². The molecule has 0 spiro atoms. The summed E-state index contributed by atoms with van der Waals surface area (Å²) in [6, 6.07) is 0.339. The van der Waals surface area contributed by atoms with E-state index in [1.165, 1.54) is 0 Å². The molecule has 1 unspecified atom stereocenters. The third-order valence-electron chi connectivity index (χ3n) is 5.70. The number of aromatic amines is 1. The molecule has 156 valence electrons. The molecule has 0 radical (unpaired) electrons. The summed E-state index contributed by atoms with van der Waals surface area (Å²) < 4.78 is 13.7. The van der Waals surface area contributed by atoms with Crippen LogP contribution in [-0.2, 0) is 9.47 Å². The van der Waals surface area contributed by atoms with Crippen LogP contribution in [0.2, 0.25) is 0 Å². The molecule has 0 saturated heterocycles. The first-order valence-corrected chi connectivity index (χ1v) is 10.4. The van der Waals surface area contributed by atoms with Gasteiger partial charge in [-0.25, -0.2) is 0 Å². The van der Waals surface area contributed by atoms with Crippen LogP contribution in [0.25, 0.3) is 11.4 Å². The number of nitrogens with one attached hydrogen (secondary N) is 1. The smallest absolute Gasteiger partial charge is 0.204 e. The molecule has 3 aromatic rings. The lowest BCUT2D eigenvalue weighted by Crippen LogP contribution is -2.24. The van der Waals surface area contributed by atoms with E-state index in [0.717, 1.165) is 54.9 Å². The molecule has 9 heteroatoms. The Labute approximate surface area is 174 Å². The second kappa shape index (κ2) is 8.27. The van der Waals surface area contributed by atoms with E-state index >= 15 is 0 Å². The fraction of sp³-hybridized carbons (Fsp3) is 0.429. The summed E-state index contributed by atoms with van der Waals surface area (Å²) in [7, 11) is 0. The Bertz CT molecular complexity index is 978. The number of ether oxygens (including phenoxy) is 2. The summed E-state index contributed by atoms with van der Waals surface area (Å²) in [6.07, 6.45) is 18.7. The molecule has 1 saturated carbocycles. The van der Waals surface area contributed by atoms with Crippen LogP contribution in [0.5, 0.6) is 0 Å². The van der Waals surface area contributed by atoms with Gasteiger partial charge in [-0.3, -0.25) is 19.7 Å². The average molecular weight is 407 g/mol. The average Bonchev–Trinajstić information content (AvgIpc) is 3.54. The fourth-order valence-corrected chi connectivity index (χ4v) is 4.23. The van der Waals surface area contributed by atoms with Crippen LogP contribution in [0.4, 0.5) is 5.69 Å². The number of anilines is 1. The SMILES string of the molecule is CCOC1CCC(n2cc(N3C=COC3c3cn[nH]c3)c(-c3cnccn3)n2)CC1. The molecule has 1 aliphatic heterocycles. The maximum absolute atomic E-state index is 5.85. The van der Waals surface area contributed by atoms with Gasteiger partial charge in [0.2, 0.25) is 6.23 Å². The largest absolute Gasteiger partial charge is 0.472 e. The van der Waals surface area contributed by atoms with Gasteiger partial charge < -0.3 is 14.4 Å². The third-order valence-corrected chi connectivity index (χ3v) is 5.70. The molecule has 4 heterocycles. The van der Waals surface area contributed by atoms with Gasteiger partial charge in [0, 0.05) is 37.6 Å². The minimum Gasteiger partial charge on any atom is -0.472 e. The standard InChI is InChI=1S/C21H25N7O2/c1-2-29-17-5-3-16(4-6-17)28-14-19(20(26-28)18-13-22-7-8-23-18)27-9-10-30-21(27)15-11-24-25-12-15/h7-14,16-17,21H,2-6H2,1H3,(H,24,25). The molecular formula is C21H25N7O2. The molecule has 5 rings (SSSR count). The predicted molar refractivity (Wildman–Crippen MR) is 110 cm³/mol. The monoisotopic (exact) mass is 407 g/mol. The maximum atomic E-state index is 5.85. The van der Waals surface area contributed by atoms with Crippen molar-refractivity contribution in [3.8, 4) is 11.4 Å². The molecule has 0 amide bonds. The van der Waals surface area contributed by atoms with E-state index < -0.39 is 0 Å². The number of aromatic nitrogens is 6. The normalized spacial score (nSPS) is 23.6. The van der Waals surface area contributed by atoms with Crippen molar-refractivity contribution in [1.29, 1.82) is 0 Å². The van der Waals surface area contributed by atoms with Gasteiger partial charge in [0.25, 0.3) is 0 Å². The van der Waals surface area contributed by atoms with Crippen molar-refractivity contribution < 1.29 is 9.47 Å². The van der Waals surface area contributed by atoms with Crippen LogP contribution < -0.4 is 4.90 Å². The number of hydrogen-bond donors (Lipinski definition) is 1. The van der Waals surface area contributed by atoms with Crippen LogP contribution in [0.1, 0.15) is 50.4 Å². The Balaban J connectivity index is 1.48. The van der Waals surface area contributed by atoms with Crippen LogP contribution in [0.15, 0.2) is 49.6 Å². The third kappa shape index (κ3) is 3.56. The molecule has 2 aliphatic rings. The second-order valence-electron chi connectivity index (χ2n) is 7.53. The Morgan fingerprint density at radius 1 is 1.20 bits per heavy atom. The lowest BCUT2D eigenvalue weighted by molar-refractivity contribution is 0.0260. The second-order valence-corrected chi connectivity index (χ2v) is 7.53. The minimum atomic E-state index is -0.300. The molecule has 1 fully saturated rings. The summed E-state index contributed by atoms with van der Waals surface area (Å²) in [6.45, 7) is 2.83. The molecule has 0 aromatic carbocycles. The van der Waals surface area contributed by atoms with Crippen LogP contribution >= 0.6 is 0 Å². The van der Waals surface area contributed by atoms with Crippen molar-refractivity contribution in [2.45, 2.75) is 51.0 Å². The van der Waals surface area contributed by atoms with Gasteiger partial charge in [0.1, 0.15) is 17.6 Å². The highest BCUT2D eigenvalue weighted by molar-refractivity contribution is 5.73. The van der Waals surface area contributed by atoms with Crippen LogP contribution in [-0.4, -0.2) is 42.7 Å². The molecule has 30 heavy (non-hydrogen) atoms. The van der Waals surface area contributed by atoms with Gasteiger partial charge in [-0.15, -0.1) is 0 Å². The van der Waals surface area contributed by atoms with Gasteiger partial charge in [-0.2, -0.15) is 10.2 Å². The lowest BCUT2D eigenvalue weighted by Gasteiger charge is -2.28.